The quantitative estimate of drug-likeness (QED) is 0.575. The van der Waals surface area contributed by atoms with Crippen LogP contribution in [0.15, 0.2) is 78.2 Å². The number of nitrogens with one attached hydrogen (secondary N) is 1. The zero-order chi connectivity index (χ0) is 22.2. The van der Waals surface area contributed by atoms with E-state index in [2.05, 4.69) is 34.5 Å². The largest absolute Gasteiger partial charge is 0.339 e. The minimum Gasteiger partial charge on any atom is -0.339 e. The monoisotopic (exact) mass is 447 g/mol. The van der Waals surface area contributed by atoms with Gasteiger partial charge in [0.25, 0.3) is 5.91 Å². The van der Waals surface area contributed by atoms with E-state index in [1.165, 1.54) is 16.9 Å². The Kier molecular flexibility index (Phi) is 7.69. The third-order valence-corrected chi connectivity index (χ3v) is 6.74. The lowest BCUT2D eigenvalue weighted by Crippen LogP contribution is -2.55. The molecule has 1 aliphatic rings. The molecule has 0 spiro atoms. The van der Waals surface area contributed by atoms with Crippen LogP contribution in [-0.2, 0) is 17.6 Å². The van der Waals surface area contributed by atoms with E-state index in [9.17, 15) is 9.59 Å². The molecule has 5 nitrogen and oxygen atoms in total. The van der Waals surface area contributed by atoms with Gasteiger partial charge in [-0.2, -0.15) is 0 Å². The number of amides is 2. The standard InChI is InChI=1S/C26H29N3O2S/c30-25(24-12-7-19-32-24)27-23(20-22-10-5-2-6-11-22)26(31)29-17-15-28(16-18-29)14-13-21-8-3-1-4-9-21/h1-12,19,23H,13-18,20H2,(H,27,30)/t23-/m0/s1. The number of piperazine rings is 1. The van der Waals surface area contributed by atoms with Gasteiger partial charge >= 0.3 is 0 Å². The molecule has 3 aromatic rings. The summed E-state index contributed by atoms with van der Waals surface area (Å²) in [4.78, 5) is 31.0. The molecule has 0 aliphatic carbocycles. The van der Waals surface area contributed by atoms with Gasteiger partial charge in [0.05, 0.1) is 4.88 Å². The van der Waals surface area contributed by atoms with E-state index >= 15 is 0 Å². The first-order chi connectivity index (χ1) is 15.7. The van der Waals surface area contributed by atoms with E-state index in [1.54, 1.807) is 6.07 Å². The van der Waals surface area contributed by atoms with Crippen LogP contribution in [0.5, 0.6) is 0 Å². The molecule has 1 atom stereocenters. The van der Waals surface area contributed by atoms with Gasteiger partial charge in [0.15, 0.2) is 0 Å². The summed E-state index contributed by atoms with van der Waals surface area (Å²) in [5.74, 6) is -0.183. The van der Waals surface area contributed by atoms with Crippen molar-refractivity contribution in [3.05, 3.63) is 94.2 Å². The third kappa shape index (κ3) is 6.05. The van der Waals surface area contributed by atoms with Crippen molar-refractivity contribution >= 4 is 23.2 Å². The lowest BCUT2D eigenvalue weighted by molar-refractivity contribution is -0.135. The van der Waals surface area contributed by atoms with Gasteiger partial charge in [0.2, 0.25) is 5.91 Å². The highest BCUT2D eigenvalue weighted by atomic mass is 32.1. The zero-order valence-electron chi connectivity index (χ0n) is 18.2. The van der Waals surface area contributed by atoms with Crippen molar-refractivity contribution in [3.63, 3.8) is 0 Å². The first-order valence-corrected chi connectivity index (χ1v) is 12.0. The third-order valence-electron chi connectivity index (χ3n) is 5.87. The molecule has 0 bridgehead atoms. The molecule has 0 unspecified atom stereocenters. The van der Waals surface area contributed by atoms with Crippen molar-refractivity contribution in [1.82, 2.24) is 15.1 Å². The number of carbonyl (C=O) groups is 2. The molecule has 2 heterocycles. The fourth-order valence-electron chi connectivity index (χ4n) is 4.03. The van der Waals surface area contributed by atoms with Crippen LogP contribution in [-0.4, -0.2) is 60.4 Å². The number of hydrogen-bond donors (Lipinski definition) is 1. The smallest absolute Gasteiger partial charge is 0.262 e. The van der Waals surface area contributed by atoms with E-state index < -0.39 is 6.04 Å². The van der Waals surface area contributed by atoms with Crippen LogP contribution >= 0.6 is 11.3 Å². The Bertz CT molecular complexity index is 984. The lowest BCUT2D eigenvalue weighted by Gasteiger charge is -2.36. The summed E-state index contributed by atoms with van der Waals surface area (Å²) in [6.45, 7) is 4.08. The highest BCUT2D eigenvalue weighted by Crippen LogP contribution is 2.13. The highest BCUT2D eigenvalue weighted by Gasteiger charge is 2.29. The second-order valence-corrected chi connectivity index (χ2v) is 9.04. The summed E-state index contributed by atoms with van der Waals surface area (Å²) in [5.41, 5.74) is 2.38. The van der Waals surface area contributed by atoms with Crippen LogP contribution in [0.4, 0.5) is 0 Å². The number of benzene rings is 2. The van der Waals surface area contributed by atoms with E-state index in [0.717, 1.165) is 31.6 Å². The molecule has 1 aliphatic heterocycles. The maximum absolute atomic E-state index is 13.4. The predicted molar refractivity (Wildman–Crippen MR) is 129 cm³/mol. The molecule has 32 heavy (non-hydrogen) atoms. The van der Waals surface area contributed by atoms with Crippen LogP contribution in [0, 0.1) is 0 Å². The first-order valence-electron chi connectivity index (χ1n) is 11.1. The van der Waals surface area contributed by atoms with Gasteiger partial charge in [0, 0.05) is 39.1 Å². The van der Waals surface area contributed by atoms with Gasteiger partial charge in [-0.3, -0.25) is 14.5 Å². The zero-order valence-corrected chi connectivity index (χ0v) is 19.0. The molecule has 1 fully saturated rings. The number of hydrogen-bond acceptors (Lipinski definition) is 4. The maximum Gasteiger partial charge on any atom is 0.262 e. The van der Waals surface area contributed by atoms with Gasteiger partial charge < -0.3 is 10.2 Å². The minimum atomic E-state index is -0.567. The molecule has 2 amide bonds. The van der Waals surface area contributed by atoms with Gasteiger partial charge in [-0.05, 0) is 29.0 Å². The number of carbonyl (C=O) groups excluding carboxylic acids is 2. The summed E-state index contributed by atoms with van der Waals surface area (Å²) >= 11 is 1.39. The molecule has 1 aromatic heterocycles. The Hall–Kier alpha value is -2.96. The van der Waals surface area contributed by atoms with Crippen LogP contribution in [0.3, 0.4) is 0 Å². The van der Waals surface area contributed by atoms with Crippen molar-refractivity contribution in [2.45, 2.75) is 18.9 Å². The predicted octanol–water partition coefficient (Wildman–Crippen LogP) is 3.48. The molecule has 6 heteroatoms. The maximum atomic E-state index is 13.4. The minimum absolute atomic E-state index is 0.00136. The summed E-state index contributed by atoms with van der Waals surface area (Å²) < 4.78 is 0. The second-order valence-electron chi connectivity index (χ2n) is 8.10. The van der Waals surface area contributed by atoms with Crippen LogP contribution in [0.25, 0.3) is 0 Å². The van der Waals surface area contributed by atoms with E-state index in [0.29, 0.717) is 24.4 Å². The number of thiophene rings is 1. The Morgan fingerprint density at radius 2 is 1.50 bits per heavy atom. The molecular formula is C26H29N3O2S. The number of rotatable bonds is 8. The summed E-state index contributed by atoms with van der Waals surface area (Å²) in [6, 6.07) is 23.4. The Balaban J connectivity index is 1.35. The van der Waals surface area contributed by atoms with E-state index in [4.69, 9.17) is 0 Å². The molecule has 4 rings (SSSR count). The topological polar surface area (TPSA) is 52.7 Å². The Labute approximate surface area is 193 Å². The summed E-state index contributed by atoms with van der Waals surface area (Å²) in [5, 5.41) is 4.86. The number of nitrogens with zero attached hydrogens (tertiary/aromatic N) is 2. The molecule has 1 saturated heterocycles. The average molecular weight is 448 g/mol. The van der Waals surface area contributed by atoms with Crippen molar-refractivity contribution in [3.8, 4) is 0 Å². The van der Waals surface area contributed by atoms with Gasteiger partial charge in [-0.25, -0.2) is 0 Å². The second kappa shape index (κ2) is 11.1. The molecule has 0 saturated carbocycles. The highest BCUT2D eigenvalue weighted by molar-refractivity contribution is 7.12. The van der Waals surface area contributed by atoms with Gasteiger partial charge in [-0.1, -0.05) is 66.7 Å². The fraction of sp³-hybridized carbons (Fsp3) is 0.308. The van der Waals surface area contributed by atoms with E-state index in [1.807, 2.05) is 52.7 Å². The summed E-state index contributed by atoms with van der Waals surface area (Å²) in [7, 11) is 0. The molecule has 0 radical (unpaired) electrons. The van der Waals surface area contributed by atoms with Gasteiger partial charge in [0.1, 0.15) is 6.04 Å². The fourth-order valence-corrected chi connectivity index (χ4v) is 4.66. The van der Waals surface area contributed by atoms with Crippen LogP contribution in [0.2, 0.25) is 0 Å². The Morgan fingerprint density at radius 1 is 0.844 bits per heavy atom. The van der Waals surface area contributed by atoms with Crippen molar-refractivity contribution in [1.29, 1.82) is 0 Å². The van der Waals surface area contributed by atoms with Crippen molar-refractivity contribution in [2.24, 2.45) is 0 Å². The van der Waals surface area contributed by atoms with Crippen molar-refractivity contribution in [2.75, 3.05) is 32.7 Å². The normalized spacial score (nSPS) is 15.3. The molecule has 1 N–H and O–H groups in total. The average Bonchev–Trinajstić information content (AvgIpc) is 3.39. The molecule has 166 valence electrons. The lowest BCUT2D eigenvalue weighted by atomic mass is 10.0. The van der Waals surface area contributed by atoms with Crippen LogP contribution in [0.1, 0.15) is 20.8 Å². The molecular weight excluding hydrogens is 418 g/mol. The van der Waals surface area contributed by atoms with Crippen LogP contribution < -0.4 is 5.32 Å². The molecule has 2 aromatic carbocycles. The SMILES string of the molecule is O=C(N[C@@H](Cc1ccccc1)C(=O)N1CCN(CCc2ccccc2)CC1)c1cccs1. The van der Waals surface area contributed by atoms with Crippen molar-refractivity contribution < 1.29 is 9.59 Å². The van der Waals surface area contributed by atoms with E-state index in [-0.39, 0.29) is 11.8 Å². The van der Waals surface area contributed by atoms with Gasteiger partial charge in [-0.15, -0.1) is 11.3 Å². The summed E-state index contributed by atoms with van der Waals surface area (Å²) in [6.07, 6.45) is 1.51. The first kappa shape index (κ1) is 22.2. The Morgan fingerprint density at radius 3 is 2.12 bits per heavy atom.